The van der Waals surface area contributed by atoms with Crippen molar-refractivity contribution in [2.75, 3.05) is 26.6 Å². The monoisotopic (exact) mass is 406 g/mol. The molecule has 1 aromatic heterocycles. The van der Waals surface area contributed by atoms with Crippen molar-refractivity contribution in [3.05, 3.63) is 72.1 Å². The van der Waals surface area contributed by atoms with Gasteiger partial charge in [-0.25, -0.2) is 4.79 Å². The Morgan fingerprint density at radius 3 is 2.33 bits per heavy atom. The lowest BCUT2D eigenvalue weighted by atomic mass is 10.0. The highest BCUT2D eigenvalue weighted by molar-refractivity contribution is 6.02. The van der Waals surface area contributed by atoms with E-state index in [0.29, 0.717) is 23.6 Å². The largest absolute Gasteiger partial charge is 0.493 e. The second-order valence-electron chi connectivity index (χ2n) is 6.41. The van der Waals surface area contributed by atoms with Crippen LogP contribution in [0.3, 0.4) is 0 Å². The summed E-state index contributed by atoms with van der Waals surface area (Å²) < 4.78 is 15.2. The molecule has 3 rings (SSSR count). The lowest BCUT2D eigenvalue weighted by molar-refractivity contribution is -0.135. The van der Waals surface area contributed by atoms with Crippen molar-refractivity contribution in [2.45, 2.75) is 6.42 Å². The van der Waals surface area contributed by atoms with Crippen LogP contribution in [0.5, 0.6) is 11.5 Å². The second-order valence-corrected chi connectivity index (χ2v) is 6.41. The number of ether oxygens (including phenoxy) is 3. The van der Waals surface area contributed by atoms with Crippen molar-refractivity contribution < 1.29 is 23.8 Å². The summed E-state index contributed by atoms with van der Waals surface area (Å²) in [5.74, 6) is 0.322. The Bertz CT molecular complexity index is 1090. The molecular weight excluding hydrogens is 384 g/mol. The molecule has 7 nitrogen and oxygen atoms in total. The number of nitrogens with zero attached hydrogens (tertiary/aromatic N) is 1. The van der Waals surface area contributed by atoms with Crippen LogP contribution in [0, 0.1) is 0 Å². The van der Waals surface area contributed by atoms with Crippen LogP contribution in [-0.2, 0) is 20.7 Å². The summed E-state index contributed by atoms with van der Waals surface area (Å²) in [5.41, 5.74) is 2.56. The number of carbonyl (C=O) groups is 2. The topological polar surface area (TPSA) is 86.8 Å². The van der Waals surface area contributed by atoms with Crippen LogP contribution in [0.15, 0.2) is 60.8 Å². The highest BCUT2D eigenvalue weighted by Gasteiger charge is 2.10. The van der Waals surface area contributed by atoms with Gasteiger partial charge in [-0.15, -0.1) is 0 Å². The Kier molecular flexibility index (Phi) is 6.64. The van der Waals surface area contributed by atoms with E-state index >= 15 is 0 Å². The molecule has 154 valence electrons. The van der Waals surface area contributed by atoms with E-state index in [1.165, 1.54) is 7.11 Å². The van der Waals surface area contributed by atoms with Gasteiger partial charge >= 0.3 is 5.97 Å². The highest BCUT2D eigenvalue weighted by Crippen LogP contribution is 2.33. The van der Waals surface area contributed by atoms with E-state index in [2.05, 4.69) is 15.0 Å². The van der Waals surface area contributed by atoms with Gasteiger partial charge in [-0.1, -0.05) is 12.1 Å². The fraction of sp³-hybridized carbons (Fsp3) is 0.174. The highest BCUT2D eigenvalue weighted by atomic mass is 16.5. The van der Waals surface area contributed by atoms with Crippen LogP contribution in [0.4, 0.5) is 5.69 Å². The van der Waals surface area contributed by atoms with Gasteiger partial charge in [0.25, 0.3) is 0 Å². The van der Waals surface area contributed by atoms with Crippen molar-refractivity contribution in [1.29, 1.82) is 0 Å². The lowest BCUT2D eigenvalue weighted by Crippen LogP contribution is -2.09. The van der Waals surface area contributed by atoms with Gasteiger partial charge in [0.15, 0.2) is 11.5 Å². The molecule has 0 aliphatic rings. The predicted octanol–water partition coefficient (Wildman–Crippen LogP) is 3.51. The Morgan fingerprint density at radius 1 is 0.967 bits per heavy atom. The van der Waals surface area contributed by atoms with E-state index in [9.17, 15) is 9.59 Å². The van der Waals surface area contributed by atoms with E-state index in [1.54, 1.807) is 32.5 Å². The summed E-state index contributed by atoms with van der Waals surface area (Å²) in [7, 11) is 4.46. The molecule has 0 aliphatic carbocycles. The third kappa shape index (κ3) is 4.94. The van der Waals surface area contributed by atoms with Gasteiger partial charge in [-0.3, -0.25) is 9.78 Å². The number of aromatic nitrogens is 1. The van der Waals surface area contributed by atoms with Crippen LogP contribution >= 0.6 is 0 Å². The number of nitrogens with one attached hydrogen (secondary N) is 1. The molecule has 0 spiro atoms. The molecular formula is C23H22N2O5. The maximum Gasteiger partial charge on any atom is 0.330 e. The lowest BCUT2D eigenvalue weighted by Gasteiger charge is -2.12. The number of amides is 1. The van der Waals surface area contributed by atoms with Crippen LogP contribution in [0.2, 0.25) is 0 Å². The standard InChI is InChI=1S/C23H22N2O5/c1-28-20-13-16-10-11-24-19(18(16)14-21(20)29-2)12-15-4-6-17(7-5-15)25-22(26)8-9-23(27)30-3/h4-11,13-14H,12H2,1-3H3,(H,25,26)/b9-8-. The molecule has 0 fully saturated rings. The van der Waals surface area contributed by atoms with Crippen molar-refractivity contribution in [2.24, 2.45) is 0 Å². The van der Waals surface area contributed by atoms with Crippen molar-refractivity contribution in [3.8, 4) is 11.5 Å². The van der Waals surface area contributed by atoms with E-state index in [-0.39, 0.29) is 0 Å². The average molecular weight is 406 g/mol. The molecule has 0 aliphatic heterocycles. The molecule has 0 saturated carbocycles. The molecule has 2 aromatic carbocycles. The van der Waals surface area contributed by atoms with Gasteiger partial charge in [0.05, 0.1) is 27.0 Å². The first-order valence-corrected chi connectivity index (χ1v) is 9.19. The average Bonchev–Trinajstić information content (AvgIpc) is 2.78. The molecule has 0 unspecified atom stereocenters. The van der Waals surface area contributed by atoms with Gasteiger partial charge in [-0.05, 0) is 41.3 Å². The van der Waals surface area contributed by atoms with Crippen LogP contribution in [0.25, 0.3) is 10.8 Å². The maximum atomic E-state index is 11.8. The van der Waals surface area contributed by atoms with Gasteiger partial charge in [-0.2, -0.15) is 0 Å². The number of benzene rings is 2. The minimum absolute atomic E-state index is 0.412. The van der Waals surface area contributed by atoms with E-state index in [4.69, 9.17) is 9.47 Å². The molecule has 30 heavy (non-hydrogen) atoms. The van der Waals surface area contributed by atoms with E-state index in [1.807, 2.05) is 30.3 Å². The summed E-state index contributed by atoms with van der Waals surface area (Å²) in [5, 5.41) is 4.69. The molecule has 3 aromatic rings. The van der Waals surface area contributed by atoms with Crippen LogP contribution < -0.4 is 14.8 Å². The zero-order valence-corrected chi connectivity index (χ0v) is 17.0. The molecule has 1 heterocycles. The van der Waals surface area contributed by atoms with Crippen molar-refractivity contribution in [1.82, 2.24) is 4.98 Å². The zero-order chi connectivity index (χ0) is 21.5. The first kappa shape index (κ1) is 20.9. The first-order valence-electron chi connectivity index (χ1n) is 9.19. The third-order valence-electron chi connectivity index (χ3n) is 4.52. The molecule has 0 bridgehead atoms. The van der Waals surface area contributed by atoms with Gasteiger partial charge in [0.2, 0.25) is 5.91 Å². The number of rotatable bonds is 7. The number of fused-ring (bicyclic) bond motifs is 1. The number of methoxy groups -OCH3 is 3. The summed E-state index contributed by atoms with van der Waals surface area (Å²) in [6.45, 7) is 0. The molecule has 0 atom stereocenters. The van der Waals surface area contributed by atoms with Crippen LogP contribution in [-0.4, -0.2) is 38.2 Å². The predicted molar refractivity (Wildman–Crippen MR) is 114 cm³/mol. The van der Waals surface area contributed by atoms with Crippen molar-refractivity contribution in [3.63, 3.8) is 0 Å². The summed E-state index contributed by atoms with van der Waals surface area (Å²) >= 11 is 0. The fourth-order valence-electron chi connectivity index (χ4n) is 3.00. The normalized spacial score (nSPS) is 10.8. The molecule has 1 N–H and O–H groups in total. The van der Waals surface area contributed by atoms with Crippen LogP contribution in [0.1, 0.15) is 11.3 Å². The fourth-order valence-corrected chi connectivity index (χ4v) is 3.00. The van der Waals surface area contributed by atoms with Crippen molar-refractivity contribution >= 4 is 28.3 Å². The van der Waals surface area contributed by atoms with Gasteiger partial charge in [0, 0.05) is 35.8 Å². The maximum absolute atomic E-state index is 11.8. The Hall–Kier alpha value is -3.87. The number of pyridine rings is 1. The number of hydrogen-bond acceptors (Lipinski definition) is 6. The number of esters is 1. The molecule has 0 radical (unpaired) electrons. The van der Waals surface area contributed by atoms with Gasteiger partial charge < -0.3 is 19.5 Å². The number of carbonyl (C=O) groups excluding carboxylic acids is 2. The summed E-state index contributed by atoms with van der Waals surface area (Å²) in [6.07, 6.45) is 4.58. The third-order valence-corrected chi connectivity index (χ3v) is 4.52. The first-order chi connectivity index (χ1) is 14.5. The quantitative estimate of drug-likeness (QED) is 0.477. The number of hydrogen-bond donors (Lipinski definition) is 1. The number of anilines is 1. The molecule has 0 saturated heterocycles. The Labute approximate surface area is 174 Å². The SMILES string of the molecule is COC(=O)/C=C\C(=O)Nc1ccc(Cc2nccc3cc(OC)c(OC)cc23)cc1. The summed E-state index contributed by atoms with van der Waals surface area (Å²) in [6, 6.07) is 13.2. The smallest absolute Gasteiger partial charge is 0.330 e. The minimum Gasteiger partial charge on any atom is -0.493 e. The Balaban J connectivity index is 1.77. The van der Waals surface area contributed by atoms with E-state index in [0.717, 1.165) is 34.2 Å². The Morgan fingerprint density at radius 2 is 1.67 bits per heavy atom. The van der Waals surface area contributed by atoms with E-state index < -0.39 is 11.9 Å². The molecule has 1 amide bonds. The van der Waals surface area contributed by atoms with Gasteiger partial charge in [0.1, 0.15) is 0 Å². The summed E-state index contributed by atoms with van der Waals surface area (Å²) in [4.78, 5) is 27.4. The molecule has 7 heteroatoms. The second kappa shape index (κ2) is 9.56. The minimum atomic E-state index is -0.586. The zero-order valence-electron chi connectivity index (χ0n) is 17.0.